The van der Waals surface area contributed by atoms with Gasteiger partial charge in [-0.25, -0.2) is 9.97 Å². The van der Waals surface area contributed by atoms with E-state index < -0.39 is 0 Å². The number of aromatic hydroxyl groups is 1. The summed E-state index contributed by atoms with van der Waals surface area (Å²) in [6.45, 7) is 0. The number of amides is 1. The molecule has 5 heteroatoms. The lowest BCUT2D eigenvalue weighted by molar-refractivity contribution is 0.102. The molecule has 0 saturated heterocycles. The van der Waals surface area contributed by atoms with E-state index in [1.807, 2.05) is 42.5 Å². The molecule has 1 heterocycles. The van der Waals surface area contributed by atoms with Crippen LogP contribution in [0.15, 0.2) is 48.5 Å². The highest BCUT2D eigenvalue weighted by molar-refractivity contribution is 6.04. The van der Waals surface area contributed by atoms with Crippen LogP contribution in [-0.2, 0) is 19.3 Å². The maximum Gasteiger partial charge on any atom is 0.256 e. The van der Waals surface area contributed by atoms with Crippen LogP contribution >= 0.6 is 0 Å². The van der Waals surface area contributed by atoms with Gasteiger partial charge in [0.1, 0.15) is 5.75 Å². The van der Waals surface area contributed by atoms with E-state index in [0.29, 0.717) is 11.4 Å². The summed E-state index contributed by atoms with van der Waals surface area (Å²) in [5.74, 6) is 1.45. The Morgan fingerprint density at radius 1 is 1.00 bits per heavy atom. The normalized spacial score (nSPS) is 15.6. The molecule has 0 radical (unpaired) electrons. The first-order chi connectivity index (χ1) is 15.7. The number of aromatic nitrogens is 2. The van der Waals surface area contributed by atoms with Crippen LogP contribution < -0.4 is 5.32 Å². The second-order valence-corrected chi connectivity index (χ2v) is 9.02. The van der Waals surface area contributed by atoms with Gasteiger partial charge in [0.25, 0.3) is 5.91 Å². The molecule has 1 saturated carbocycles. The van der Waals surface area contributed by atoms with Crippen LogP contribution in [-0.4, -0.2) is 21.0 Å². The SMILES string of the molecule is O=C(Nc1nc2c(nc1CCC1CCCCC1)-c1ccc(O)cc1CC2)c1ccccc1. The van der Waals surface area contributed by atoms with Gasteiger partial charge in [0.05, 0.1) is 17.1 Å². The van der Waals surface area contributed by atoms with Crippen molar-refractivity contribution in [2.45, 2.75) is 57.8 Å². The molecule has 0 bridgehead atoms. The molecule has 0 spiro atoms. The quantitative estimate of drug-likeness (QED) is 0.547. The van der Waals surface area contributed by atoms with E-state index in [1.165, 1.54) is 32.1 Å². The van der Waals surface area contributed by atoms with Gasteiger partial charge in [0, 0.05) is 11.1 Å². The fourth-order valence-electron chi connectivity index (χ4n) is 5.03. The largest absolute Gasteiger partial charge is 0.508 e. The van der Waals surface area contributed by atoms with Crippen molar-refractivity contribution < 1.29 is 9.90 Å². The molecule has 0 atom stereocenters. The molecular formula is C27H29N3O2. The summed E-state index contributed by atoms with van der Waals surface area (Å²) < 4.78 is 0. The highest BCUT2D eigenvalue weighted by atomic mass is 16.3. The summed E-state index contributed by atoms with van der Waals surface area (Å²) in [6.07, 6.45) is 9.97. The van der Waals surface area contributed by atoms with Crippen molar-refractivity contribution in [1.82, 2.24) is 9.97 Å². The number of rotatable bonds is 5. The number of carbonyl (C=O) groups is 1. The molecule has 32 heavy (non-hydrogen) atoms. The summed E-state index contributed by atoms with van der Waals surface area (Å²) >= 11 is 0. The van der Waals surface area contributed by atoms with Crippen LogP contribution in [0.4, 0.5) is 5.82 Å². The molecule has 2 aromatic carbocycles. The molecule has 164 valence electrons. The molecule has 5 rings (SSSR count). The van der Waals surface area contributed by atoms with E-state index in [0.717, 1.165) is 59.8 Å². The van der Waals surface area contributed by atoms with E-state index in [9.17, 15) is 9.90 Å². The average molecular weight is 428 g/mol. The lowest BCUT2D eigenvalue weighted by Crippen LogP contribution is -2.19. The third kappa shape index (κ3) is 4.38. The number of phenolic OH excluding ortho intramolecular Hbond substituents is 1. The molecule has 1 fully saturated rings. The van der Waals surface area contributed by atoms with Gasteiger partial charge >= 0.3 is 0 Å². The summed E-state index contributed by atoms with van der Waals surface area (Å²) in [4.78, 5) is 22.8. The first-order valence-electron chi connectivity index (χ1n) is 11.8. The summed E-state index contributed by atoms with van der Waals surface area (Å²) in [5.41, 5.74) is 5.42. The Morgan fingerprint density at radius 3 is 2.62 bits per heavy atom. The van der Waals surface area contributed by atoms with Gasteiger partial charge in [-0.1, -0.05) is 50.3 Å². The number of anilines is 1. The van der Waals surface area contributed by atoms with Crippen molar-refractivity contribution in [3.05, 3.63) is 71.0 Å². The number of hydrogen-bond donors (Lipinski definition) is 2. The molecule has 3 aromatic rings. The van der Waals surface area contributed by atoms with Gasteiger partial charge in [0.15, 0.2) is 5.82 Å². The van der Waals surface area contributed by atoms with Crippen molar-refractivity contribution >= 4 is 11.7 Å². The lowest BCUT2D eigenvalue weighted by atomic mass is 9.85. The molecule has 5 nitrogen and oxygen atoms in total. The number of aryl methyl sites for hydroxylation is 3. The average Bonchev–Trinajstić information content (AvgIpc) is 2.83. The van der Waals surface area contributed by atoms with Gasteiger partial charge in [-0.15, -0.1) is 0 Å². The molecule has 2 N–H and O–H groups in total. The van der Waals surface area contributed by atoms with E-state index in [-0.39, 0.29) is 11.7 Å². The maximum absolute atomic E-state index is 12.9. The molecule has 1 aromatic heterocycles. The fourth-order valence-corrected chi connectivity index (χ4v) is 5.03. The van der Waals surface area contributed by atoms with Crippen molar-refractivity contribution in [2.75, 3.05) is 5.32 Å². The smallest absolute Gasteiger partial charge is 0.256 e. The molecular weight excluding hydrogens is 398 g/mol. The second kappa shape index (κ2) is 9.11. The zero-order chi connectivity index (χ0) is 21.9. The Labute approximate surface area is 188 Å². The number of nitrogens with zero attached hydrogens (tertiary/aromatic N) is 2. The molecule has 0 aliphatic heterocycles. The third-order valence-electron chi connectivity index (χ3n) is 6.80. The lowest BCUT2D eigenvalue weighted by Gasteiger charge is -2.23. The standard InChI is InChI=1S/C27H29N3O2/c31-21-13-14-22-20(17-21)12-16-23-25(22)28-24(15-11-18-7-3-1-4-8-18)26(29-23)30-27(32)19-9-5-2-6-10-19/h2,5-6,9-10,13-14,17-18,31H,1,3-4,7-8,11-12,15-16H2,(H,29,30,32). The van der Waals surface area contributed by atoms with E-state index in [2.05, 4.69) is 5.32 Å². The molecule has 1 amide bonds. The monoisotopic (exact) mass is 427 g/mol. The number of nitrogens with one attached hydrogen (secondary N) is 1. The number of benzene rings is 2. The van der Waals surface area contributed by atoms with Crippen LogP contribution in [0.3, 0.4) is 0 Å². The first kappa shape index (κ1) is 20.7. The summed E-state index contributed by atoms with van der Waals surface area (Å²) in [6, 6.07) is 14.7. The van der Waals surface area contributed by atoms with E-state index in [1.54, 1.807) is 6.07 Å². The zero-order valence-electron chi connectivity index (χ0n) is 18.3. The predicted molar refractivity (Wildman–Crippen MR) is 126 cm³/mol. The highest BCUT2D eigenvalue weighted by Gasteiger charge is 2.24. The minimum absolute atomic E-state index is 0.153. The Morgan fingerprint density at radius 2 is 1.81 bits per heavy atom. The van der Waals surface area contributed by atoms with Crippen LogP contribution in [0.5, 0.6) is 5.75 Å². The first-order valence-corrected chi connectivity index (χ1v) is 11.8. The number of hydrogen-bond acceptors (Lipinski definition) is 4. The molecule has 0 unspecified atom stereocenters. The minimum Gasteiger partial charge on any atom is -0.508 e. The van der Waals surface area contributed by atoms with Crippen LogP contribution in [0.1, 0.15) is 65.8 Å². The minimum atomic E-state index is -0.153. The second-order valence-electron chi connectivity index (χ2n) is 9.02. The van der Waals surface area contributed by atoms with Crippen molar-refractivity contribution in [3.63, 3.8) is 0 Å². The Bertz CT molecular complexity index is 1120. The molecule has 2 aliphatic carbocycles. The van der Waals surface area contributed by atoms with Crippen LogP contribution in [0.25, 0.3) is 11.3 Å². The Hall–Kier alpha value is -3.21. The zero-order valence-corrected chi connectivity index (χ0v) is 18.3. The highest BCUT2D eigenvalue weighted by Crippen LogP contribution is 2.35. The van der Waals surface area contributed by atoms with Gasteiger partial charge in [-0.3, -0.25) is 4.79 Å². The summed E-state index contributed by atoms with van der Waals surface area (Å²) in [7, 11) is 0. The van der Waals surface area contributed by atoms with Crippen molar-refractivity contribution in [2.24, 2.45) is 5.92 Å². The fraction of sp³-hybridized carbons (Fsp3) is 0.370. The Kier molecular flexibility index (Phi) is 5.89. The van der Waals surface area contributed by atoms with Crippen LogP contribution in [0, 0.1) is 5.92 Å². The number of carbonyl (C=O) groups excluding carboxylic acids is 1. The number of fused-ring (bicyclic) bond motifs is 3. The van der Waals surface area contributed by atoms with Gasteiger partial charge in [0.2, 0.25) is 0 Å². The maximum atomic E-state index is 12.9. The van der Waals surface area contributed by atoms with Gasteiger partial charge in [-0.2, -0.15) is 0 Å². The number of phenols is 1. The molecule has 2 aliphatic rings. The summed E-state index contributed by atoms with van der Waals surface area (Å²) in [5, 5.41) is 12.9. The van der Waals surface area contributed by atoms with Gasteiger partial charge < -0.3 is 10.4 Å². The predicted octanol–water partition coefficient (Wildman–Crippen LogP) is 5.71. The third-order valence-corrected chi connectivity index (χ3v) is 6.80. The topological polar surface area (TPSA) is 75.1 Å². The Balaban J connectivity index is 1.48. The van der Waals surface area contributed by atoms with Crippen molar-refractivity contribution in [1.29, 1.82) is 0 Å². The van der Waals surface area contributed by atoms with Crippen molar-refractivity contribution in [3.8, 4) is 17.0 Å². The van der Waals surface area contributed by atoms with Crippen LogP contribution in [0.2, 0.25) is 0 Å². The van der Waals surface area contributed by atoms with E-state index in [4.69, 9.17) is 9.97 Å². The van der Waals surface area contributed by atoms with Gasteiger partial charge in [-0.05, 0) is 67.5 Å². The van der Waals surface area contributed by atoms with E-state index >= 15 is 0 Å².